The zero-order chi connectivity index (χ0) is 16.5. The number of aromatic carboxylic acids is 1. The van der Waals surface area contributed by atoms with E-state index in [1.807, 2.05) is 27.7 Å². The van der Waals surface area contributed by atoms with Crippen LogP contribution in [0, 0.1) is 5.53 Å². The van der Waals surface area contributed by atoms with E-state index in [4.69, 9.17) is 14.8 Å². The Hall–Kier alpha value is -2.02. The molecule has 1 aliphatic heterocycles. The third-order valence-corrected chi connectivity index (χ3v) is 4.20. The van der Waals surface area contributed by atoms with Gasteiger partial charge >= 0.3 is 13.1 Å². The van der Waals surface area contributed by atoms with Crippen LogP contribution in [0.25, 0.3) is 0 Å². The maximum atomic E-state index is 11.2. The van der Waals surface area contributed by atoms with Gasteiger partial charge in [0.2, 0.25) is 4.91 Å². The van der Waals surface area contributed by atoms with Crippen LogP contribution in [0.5, 0.6) is 0 Å². The highest BCUT2D eigenvalue weighted by Gasteiger charge is 2.51. The van der Waals surface area contributed by atoms with Gasteiger partial charge in [0.25, 0.3) is 0 Å². The summed E-state index contributed by atoms with van der Waals surface area (Å²) in [6.07, 6.45) is 0. The second-order valence-corrected chi connectivity index (χ2v) is 6.21. The predicted octanol–water partition coefficient (Wildman–Crippen LogP) is 1.73. The Morgan fingerprint density at radius 3 is 2.41 bits per heavy atom. The summed E-state index contributed by atoms with van der Waals surface area (Å²) in [6.45, 7) is 7.84. The van der Waals surface area contributed by atoms with Crippen LogP contribution in [-0.4, -0.2) is 29.4 Å². The minimum atomic E-state index is -1.05. The number of nitrogens with one attached hydrogen (secondary N) is 1. The van der Waals surface area contributed by atoms with Crippen LogP contribution in [-0.2, 0) is 15.9 Å². The molecule has 1 fully saturated rings. The van der Waals surface area contributed by atoms with Crippen molar-refractivity contribution in [3.63, 3.8) is 0 Å². The molecule has 0 unspecified atom stereocenters. The lowest BCUT2D eigenvalue weighted by Crippen LogP contribution is -2.41. The van der Waals surface area contributed by atoms with Crippen LogP contribution in [0.2, 0.25) is 0 Å². The number of carbonyl (C=O) groups is 1. The third-order valence-electron chi connectivity index (χ3n) is 4.20. The van der Waals surface area contributed by atoms with E-state index in [0.717, 1.165) is 5.46 Å². The molecule has 0 saturated carbocycles. The summed E-state index contributed by atoms with van der Waals surface area (Å²) in [7, 11) is -0.570. The molecule has 1 aliphatic rings. The fourth-order valence-electron chi connectivity index (χ4n) is 2.19. The Bertz CT molecular complexity index is 637. The first-order valence-electron chi connectivity index (χ1n) is 6.93. The Balaban J connectivity index is 2.37. The molecule has 2 rings (SSSR count). The van der Waals surface area contributed by atoms with Crippen molar-refractivity contribution in [3.8, 4) is 0 Å². The Labute approximate surface area is 129 Å². The molecule has 1 saturated heterocycles. The zero-order valence-electron chi connectivity index (χ0n) is 13.1. The SMILES string of the molecule is CC1(C)OB(c2ccc(C(=O)O)c(CN=[N+]=N)c2)OC1(C)C. The van der Waals surface area contributed by atoms with Crippen molar-refractivity contribution in [1.82, 2.24) is 4.91 Å². The Morgan fingerprint density at radius 2 is 1.91 bits per heavy atom. The van der Waals surface area contributed by atoms with E-state index in [-0.39, 0.29) is 12.1 Å². The summed E-state index contributed by atoms with van der Waals surface area (Å²) in [5, 5.41) is 12.8. The fraction of sp³-hybridized carbons (Fsp3) is 0.500. The highest BCUT2D eigenvalue weighted by atomic mass is 16.7. The lowest BCUT2D eigenvalue weighted by molar-refractivity contribution is 0.00578. The van der Waals surface area contributed by atoms with Crippen LogP contribution in [0.1, 0.15) is 43.6 Å². The van der Waals surface area contributed by atoms with Gasteiger partial charge < -0.3 is 14.4 Å². The van der Waals surface area contributed by atoms with Gasteiger partial charge in [0.1, 0.15) is 17.2 Å². The van der Waals surface area contributed by atoms with Gasteiger partial charge in [-0.25, -0.2) is 4.79 Å². The molecule has 8 heteroatoms. The van der Waals surface area contributed by atoms with Crippen molar-refractivity contribution in [1.29, 1.82) is 5.53 Å². The van der Waals surface area contributed by atoms with Crippen molar-refractivity contribution in [2.24, 2.45) is 5.11 Å². The van der Waals surface area contributed by atoms with Crippen LogP contribution < -0.4 is 10.4 Å². The number of carboxylic acids is 1. The molecule has 0 bridgehead atoms. The van der Waals surface area contributed by atoms with Gasteiger partial charge in [-0.1, -0.05) is 12.1 Å². The van der Waals surface area contributed by atoms with Crippen molar-refractivity contribution in [2.45, 2.75) is 45.4 Å². The van der Waals surface area contributed by atoms with Gasteiger partial charge in [-0.05, 0) is 44.8 Å². The zero-order valence-corrected chi connectivity index (χ0v) is 13.1. The number of hydrogen-bond acceptors (Lipinski definition) is 5. The quantitative estimate of drug-likeness (QED) is 0.502. The number of nitrogens with zero attached hydrogens (tertiary/aromatic N) is 2. The van der Waals surface area contributed by atoms with E-state index >= 15 is 0 Å². The topological polar surface area (TPSA) is 106 Å². The van der Waals surface area contributed by atoms with Crippen molar-refractivity contribution in [2.75, 3.05) is 0 Å². The molecule has 22 heavy (non-hydrogen) atoms. The fourth-order valence-corrected chi connectivity index (χ4v) is 2.19. The molecule has 1 aromatic carbocycles. The van der Waals surface area contributed by atoms with Crippen molar-refractivity contribution in [3.05, 3.63) is 29.3 Å². The third kappa shape index (κ3) is 2.94. The number of benzene rings is 1. The molecule has 0 aromatic heterocycles. The molecule has 0 atom stereocenters. The molecule has 0 amide bonds. The molecule has 1 heterocycles. The van der Waals surface area contributed by atoms with E-state index in [2.05, 4.69) is 10.0 Å². The van der Waals surface area contributed by atoms with Gasteiger partial charge in [-0.3, -0.25) is 0 Å². The molecule has 0 spiro atoms. The van der Waals surface area contributed by atoms with E-state index in [1.54, 1.807) is 12.1 Å². The first-order valence-corrected chi connectivity index (χ1v) is 6.93. The number of carboxylic acid groups (broad SMARTS) is 1. The van der Waals surface area contributed by atoms with Crippen LogP contribution in [0.15, 0.2) is 23.3 Å². The second kappa shape index (κ2) is 5.64. The molecular weight excluding hydrogens is 285 g/mol. The van der Waals surface area contributed by atoms with Gasteiger partial charge in [-0.2, -0.15) is 0 Å². The first kappa shape index (κ1) is 16.4. The average molecular weight is 304 g/mol. The van der Waals surface area contributed by atoms with Crippen LogP contribution in [0.3, 0.4) is 0 Å². The van der Waals surface area contributed by atoms with Crippen molar-refractivity contribution < 1.29 is 19.2 Å². The molecular formula is C14H19BN3O4+. The summed E-state index contributed by atoms with van der Waals surface area (Å²) >= 11 is 0. The summed E-state index contributed by atoms with van der Waals surface area (Å²) in [6, 6.07) is 4.85. The highest BCUT2D eigenvalue weighted by molar-refractivity contribution is 6.62. The second-order valence-electron chi connectivity index (χ2n) is 6.21. The van der Waals surface area contributed by atoms with E-state index in [0.29, 0.717) is 5.56 Å². The largest absolute Gasteiger partial charge is 0.494 e. The van der Waals surface area contributed by atoms with Gasteiger partial charge in [0.05, 0.1) is 16.8 Å². The lowest BCUT2D eigenvalue weighted by Gasteiger charge is -2.32. The molecule has 0 radical (unpaired) electrons. The first-order chi connectivity index (χ1) is 10.2. The normalized spacial score (nSPS) is 18.8. The molecule has 2 N–H and O–H groups in total. The molecule has 0 aliphatic carbocycles. The monoisotopic (exact) mass is 304 g/mol. The predicted molar refractivity (Wildman–Crippen MR) is 80.1 cm³/mol. The van der Waals surface area contributed by atoms with E-state index in [9.17, 15) is 9.90 Å². The summed E-state index contributed by atoms with van der Waals surface area (Å²) in [5.41, 5.74) is 7.10. The Kier molecular flexibility index (Phi) is 4.20. The smallest absolute Gasteiger partial charge is 0.478 e. The minimum absolute atomic E-state index is 0.0263. The van der Waals surface area contributed by atoms with Gasteiger partial charge in [-0.15, -0.1) is 0 Å². The van der Waals surface area contributed by atoms with E-state index in [1.165, 1.54) is 6.07 Å². The maximum absolute atomic E-state index is 11.2. The van der Waals surface area contributed by atoms with Crippen LogP contribution >= 0.6 is 0 Å². The van der Waals surface area contributed by atoms with Crippen LogP contribution in [0.4, 0.5) is 0 Å². The summed E-state index contributed by atoms with van der Waals surface area (Å²) in [5.74, 6) is -1.05. The van der Waals surface area contributed by atoms with Gasteiger partial charge in [0, 0.05) is 0 Å². The molecule has 7 nitrogen and oxygen atoms in total. The standard InChI is InChI=1S/C14H18BN3O4/c1-13(2)14(3,4)22-15(21-13)10-5-6-11(12(19)20)9(7-10)8-17-18-16/h5-7,16H,8H2,1-4H3/p+1. The van der Waals surface area contributed by atoms with Gasteiger partial charge in [0.15, 0.2) is 0 Å². The summed E-state index contributed by atoms with van der Waals surface area (Å²) < 4.78 is 11.9. The average Bonchev–Trinajstić information content (AvgIpc) is 2.64. The number of hydrogen-bond donors (Lipinski definition) is 2. The Morgan fingerprint density at radius 1 is 1.32 bits per heavy atom. The molecule has 116 valence electrons. The minimum Gasteiger partial charge on any atom is -0.478 e. The maximum Gasteiger partial charge on any atom is 0.494 e. The van der Waals surface area contributed by atoms with Crippen molar-refractivity contribution >= 4 is 18.6 Å². The van der Waals surface area contributed by atoms with E-state index < -0.39 is 24.3 Å². The molecule has 1 aromatic rings. The highest BCUT2D eigenvalue weighted by Crippen LogP contribution is 2.36. The lowest BCUT2D eigenvalue weighted by atomic mass is 9.77. The number of rotatable bonds is 4. The summed E-state index contributed by atoms with van der Waals surface area (Å²) in [4.78, 5) is 14.2.